The molecule has 0 radical (unpaired) electrons. The van der Waals surface area contributed by atoms with Gasteiger partial charge in [-0.05, 0) is 75.9 Å². The van der Waals surface area contributed by atoms with Crippen LogP contribution in [0.3, 0.4) is 0 Å². The van der Waals surface area contributed by atoms with Gasteiger partial charge in [0, 0.05) is 29.5 Å². The van der Waals surface area contributed by atoms with Crippen LogP contribution >= 0.6 is 0 Å². The van der Waals surface area contributed by atoms with Crippen LogP contribution in [0.15, 0.2) is 84.9 Å². The van der Waals surface area contributed by atoms with E-state index in [1.54, 1.807) is 13.0 Å². The Hall–Kier alpha value is -4.12. The number of benzene rings is 3. The smallest absolute Gasteiger partial charge is 0.312 e. The van der Waals surface area contributed by atoms with Gasteiger partial charge in [-0.1, -0.05) is 79.2 Å². The average molecular weight is 629 g/mol. The van der Waals surface area contributed by atoms with E-state index in [-0.39, 0.29) is 17.5 Å². The van der Waals surface area contributed by atoms with Crippen molar-refractivity contribution >= 4 is 17.6 Å². The maximum absolute atomic E-state index is 13.3. The second-order valence-electron chi connectivity index (χ2n) is 13.2. The molecule has 46 heavy (non-hydrogen) atoms. The van der Waals surface area contributed by atoms with Gasteiger partial charge in [-0.2, -0.15) is 0 Å². The zero-order valence-electron chi connectivity index (χ0n) is 26.5. The van der Waals surface area contributed by atoms with Crippen molar-refractivity contribution in [2.24, 2.45) is 16.6 Å². The number of nitrogens with one attached hydrogen (secondary N) is 1. The number of piperidine rings is 2. The first-order valence-electron chi connectivity index (χ1n) is 16.0. The van der Waals surface area contributed by atoms with Crippen molar-refractivity contribution in [1.29, 1.82) is 0 Å². The van der Waals surface area contributed by atoms with E-state index in [9.17, 15) is 29.9 Å². The highest BCUT2D eigenvalue weighted by Gasteiger charge is 2.65. The number of unbranched alkanes of at least 4 members (excludes halogenated alkanes) is 1. The van der Waals surface area contributed by atoms with E-state index in [0.29, 0.717) is 12.0 Å². The Morgan fingerprint density at radius 3 is 2.04 bits per heavy atom. The van der Waals surface area contributed by atoms with Crippen molar-refractivity contribution in [2.45, 2.75) is 69.5 Å². The summed E-state index contributed by atoms with van der Waals surface area (Å²) in [5.41, 5.74) is 5.69. The number of carboxylic acids is 2. The van der Waals surface area contributed by atoms with Gasteiger partial charge in [0.25, 0.3) is 5.69 Å². The topological polar surface area (TPSA) is 159 Å². The molecule has 5 atom stereocenters. The molecule has 0 aliphatic carbocycles. The van der Waals surface area contributed by atoms with Crippen LogP contribution in [-0.2, 0) is 15.0 Å². The fraction of sp³-hybridized carbons (Fsp3) is 0.444. The third-order valence-corrected chi connectivity index (χ3v) is 10.9. The Bertz CT molecular complexity index is 1500. The van der Waals surface area contributed by atoms with Crippen LogP contribution in [-0.4, -0.2) is 63.8 Å². The van der Waals surface area contributed by atoms with Gasteiger partial charge in [-0.15, -0.1) is 0 Å². The van der Waals surface area contributed by atoms with Gasteiger partial charge in [0.1, 0.15) is 5.41 Å². The quantitative estimate of drug-likeness (QED) is 0.124. The number of hydrogen-bond donors (Lipinski definition) is 4. The van der Waals surface area contributed by atoms with Gasteiger partial charge in [0.15, 0.2) is 0 Å². The molecule has 2 saturated heterocycles. The molecule has 0 bridgehead atoms. The van der Waals surface area contributed by atoms with Gasteiger partial charge in [0.05, 0.1) is 16.5 Å². The number of nitro groups is 1. The van der Waals surface area contributed by atoms with Crippen LogP contribution < -0.4 is 11.1 Å². The van der Waals surface area contributed by atoms with E-state index < -0.39 is 45.8 Å². The Labute approximate surface area is 269 Å². The highest BCUT2D eigenvalue weighted by atomic mass is 16.6. The van der Waals surface area contributed by atoms with Crippen LogP contribution in [0.4, 0.5) is 5.69 Å². The summed E-state index contributed by atoms with van der Waals surface area (Å²) in [5.74, 6) is -3.51. The minimum atomic E-state index is -1.74. The number of aliphatic carboxylic acids is 2. The maximum Gasteiger partial charge on any atom is 0.312 e. The van der Waals surface area contributed by atoms with Crippen molar-refractivity contribution in [2.75, 3.05) is 19.6 Å². The standard InChI is InChI=1S/C36H44N4O6/c1-25-36(33(43)44,30(34(2,32(41)42)31(37)38-25)26-12-11-17-29(24-26)40(45)46)18-9-10-21-39-22-19-35(20-23-39,27-13-5-3-6-14-27)28-15-7-4-8-16-28/h3-8,11-17,24-25,30-31,38H,9-10,18-23,37H2,1-2H3,(H,41,42)(H,43,44). The minimum Gasteiger partial charge on any atom is -0.481 e. The van der Waals surface area contributed by atoms with Crippen LogP contribution in [0.5, 0.6) is 0 Å². The Morgan fingerprint density at radius 2 is 1.52 bits per heavy atom. The van der Waals surface area contributed by atoms with Gasteiger partial charge in [-0.3, -0.25) is 25.0 Å². The van der Waals surface area contributed by atoms with Crippen molar-refractivity contribution in [3.05, 3.63) is 112 Å². The molecule has 0 spiro atoms. The third-order valence-electron chi connectivity index (χ3n) is 10.9. The fourth-order valence-corrected chi connectivity index (χ4v) is 8.22. The zero-order chi connectivity index (χ0) is 33.1. The molecular weight excluding hydrogens is 584 g/mol. The molecule has 3 aromatic carbocycles. The molecule has 2 fully saturated rings. The largest absolute Gasteiger partial charge is 0.481 e. The van der Waals surface area contributed by atoms with E-state index in [4.69, 9.17) is 5.73 Å². The van der Waals surface area contributed by atoms with E-state index in [0.717, 1.165) is 38.9 Å². The molecular formula is C36H44N4O6. The number of hydrogen-bond acceptors (Lipinski definition) is 7. The summed E-state index contributed by atoms with van der Waals surface area (Å²) < 4.78 is 0. The first-order valence-corrected chi connectivity index (χ1v) is 16.0. The first-order chi connectivity index (χ1) is 22.0. The minimum absolute atomic E-state index is 0.0683. The highest BCUT2D eigenvalue weighted by molar-refractivity contribution is 5.84. The summed E-state index contributed by atoms with van der Waals surface area (Å²) in [6, 6.07) is 26.3. The fourth-order valence-electron chi connectivity index (χ4n) is 8.22. The van der Waals surface area contributed by atoms with E-state index >= 15 is 0 Å². The molecule has 2 aliphatic rings. The SMILES string of the molecule is CC1NC(N)C(C)(C(=O)O)C(c2cccc([N+](=O)[O-])c2)C1(CCCCN1CCC(c2ccccc2)(c2ccccc2)CC1)C(=O)O. The van der Waals surface area contributed by atoms with Crippen LogP contribution in [0.1, 0.15) is 68.6 Å². The second-order valence-corrected chi connectivity index (χ2v) is 13.2. The van der Waals surface area contributed by atoms with Crippen LogP contribution in [0.2, 0.25) is 0 Å². The normalized spacial score (nSPS) is 27.9. The van der Waals surface area contributed by atoms with Crippen molar-refractivity contribution in [3.63, 3.8) is 0 Å². The van der Waals surface area contributed by atoms with Gasteiger partial charge in [0.2, 0.25) is 0 Å². The Morgan fingerprint density at radius 1 is 0.935 bits per heavy atom. The molecule has 0 amide bonds. The number of nitrogens with two attached hydrogens (primary N) is 1. The van der Waals surface area contributed by atoms with Crippen LogP contribution in [0.25, 0.3) is 0 Å². The number of nitro benzene ring substituents is 1. The monoisotopic (exact) mass is 628 g/mol. The summed E-state index contributed by atoms with van der Waals surface area (Å²) in [6.07, 6.45) is 2.30. The number of likely N-dealkylation sites (tertiary alicyclic amines) is 1. The van der Waals surface area contributed by atoms with E-state index in [2.05, 4.69) is 58.7 Å². The predicted octanol–water partition coefficient (Wildman–Crippen LogP) is 5.37. The number of carbonyl (C=O) groups is 2. The molecule has 0 aromatic heterocycles. The number of rotatable bonds is 11. The van der Waals surface area contributed by atoms with Gasteiger partial charge >= 0.3 is 11.9 Å². The molecule has 3 aromatic rings. The third kappa shape index (κ3) is 5.81. The Kier molecular flexibility index (Phi) is 9.62. The van der Waals surface area contributed by atoms with Crippen molar-refractivity contribution in [1.82, 2.24) is 10.2 Å². The lowest BCUT2D eigenvalue weighted by atomic mass is 9.52. The maximum atomic E-state index is 13.3. The summed E-state index contributed by atoms with van der Waals surface area (Å²) in [6.45, 7) is 5.74. The first kappa shape index (κ1) is 33.2. The summed E-state index contributed by atoms with van der Waals surface area (Å²) in [7, 11) is 0. The predicted molar refractivity (Wildman–Crippen MR) is 175 cm³/mol. The lowest BCUT2D eigenvalue weighted by Crippen LogP contribution is -2.72. The Balaban J connectivity index is 1.35. The summed E-state index contributed by atoms with van der Waals surface area (Å²) in [4.78, 5) is 39.7. The zero-order valence-corrected chi connectivity index (χ0v) is 26.5. The molecule has 0 saturated carbocycles. The molecule has 5 rings (SSSR count). The van der Waals surface area contributed by atoms with E-state index in [1.165, 1.54) is 36.2 Å². The molecule has 2 heterocycles. The number of nitrogens with zero attached hydrogens (tertiary/aromatic N) is 2. The molecule has 5 N–H and O–H groups in total. The van der Waals surface area contributed by atoms with Crippen LogP contribution in [0, 0.1) is 20.9 Å². The summed E-state index contributed by atoms with van der Waals surface area (Å²) in [5, 5.41) is 36.1. The molecule has 10 heteroatoms. The lowest BCUT2D eigenvalue weighted by Gasteiger charge is -2.56. The lowest BCUT2D eigenvalue weighted by molar-refractivity contribution is -0.385. The van der Waals surface area contributed by atoms with Crippen molar-refractivity contribution in [3.8, 4) is 0 Å². The number of carboxylic acid groups (broad SMARTS) is 2. The van der Waals surface area contributed by atoms with Gasteiger partial charge < -0.3 is 20.8 Å². The molecule has 5 unspecified atom stereocenters. The van der Waals surface area contributed by atoms with Gasteiger partial charge in [-0.25, -0.2) is 0 Å². The summed E-state index contributed by atoms with van der Waals surface area (Å²) >= 11 is 0. The average Bonchev–Trinajstić information content (AvgIpc) is 3.06. The second kappa shape index (κ2) is 13.3. The molecule has 244 valence electrons. The highest BCUT2D eigenvalue weighted by Crippen LogP contribution is 2.57. The molecule has 2 aliphatic heterocycles. The van der Waals surface area contributed by atoms with E-state index in [1.807, 2.05) is 12.1 Å². The van der Waals surface area contributed by atoms with Crippen molar-refractivity contribution < 1.29 is 24.7 Å². The molecule has 10 nitrogen and oxygen atoms in total. The number of non-ortho nitro benzene ring substituents is 1.